The van der Waals surface area contributed by atoms with Crippen molar-refractivity contribution < 1.29 is 24.0 Å². The van der Waals surface area contributed by atoms with Crippen LogP contribution in [0.2, 0.25) is 0 Å². The topological polar surface area (TPSA) is 109 Å². The minimum absolute atomic E-state index is 0.0132. The van der Waals surface area contributed by atoms with Crippen molar-refractivity contribution in [1.82, 2.24) is 10.6 Å². The van der Waals surface area contributed by atoms with E-state index in [1.807, 2.05) is 24.3 Å². The van der Waals surface area contributed by atoms with E-state index in [0.29, 0.717) is 24.4 Å². The Kier molecular flexibility index (Phi) is 8.28. The van der Waals surface area contributed by atoms with Gasteiger partial charge in [0.1, 0.15) is 5.60 Å². The molecule has 0 fully saturated rings. The normalized spacial score (nSPS) is 12.2. The first-order valence-corrected chi connectivity index (χ1v) is 12.4. The number of hydrogen-bond acceptors (Lipinski definition) is 5. The Hall–Kier alpha value is -4.37. The fourth-order valence-corrected chi connectivity index (χ4v) is 4.28. The van der Waals surface area contributed by atoms with Crippen LogP contribution in [0.4, 0.5) is 21.0 Å². The molecular formula is C29H32N4O5. The van der Waals surface area contributed by atoms with Gasteiger partial charge in [0.05, 0.1) is 12.3 Å². The number of hydroxylamine groups is 1. The van der Waals surface area contributed by atoms with E-state index in [9.17, 15) is 14.4 Å². The number of carbonyl (C=O) groups excluding carboxylic acids is 3. The molecule has 0 unspecified atom stereocenters. The van der Waals surface area contributed by atoms with Gasteiger partial charge in [0.15, 0.2) is 0 Å². The van der Waals surface area contributed by atoms with Crippen molar-refractivity contribution in [2.45, 2.75) is 32.3 Å². The second kappa shape index (κ2) is 11.8. The highest BCUT2D eigenvalue weighted by atomic mass is 16.7. The zero-order valence-corrected chi connectivity index (χ0v) is 21.7. The highest BCUT2D eigenvalue weighted by molar-refractivity contribution is 5.89. The lowest BCUT2D eigenvalue weighted by atomic mass is 9.98. The zero-order valence-electron chi connectivity index (χ0n) is 21.7. The molecule has 3 N–H and O–H groups in total. The number of benzene rings is 3. The summed E-state index contributed by atoms with van der Waals surface area (Å²) >= 11 is 0. The summed E-state index contributed by atoms with van der Waals surface area (Å²) in [4.78, 5) is 41.5. The number of rotatable bonds is 9. The van der Waals surface area contributed by atoms with E-state index in [-0.39, 0.29) is 19.0 Å². The number of carbonyl (C=O) groups is 3. The molecule has 0 aromatic heterocycles. The van der Waals surface area contributed by atoms with E-state index in [0.717, 1.165) is 0 Å². The Morgan fingerprint density at radius 2 is 1.45 bits per heavy atom. The second-order valence-electron chi connectivity index (χ2n) is 9.81. The highest BCUT2D eigenvalue weighted by Crippen LogP contribution is 2.44. The van der Waals surface area contributed by atoms with Crippen molar-refractivity contribution in [3.05, 3.63) is 83.9 Å². The summed E-state index contributed by atoms with van der Waals surface area (Å²) in [6.07, 6.45) is 0.0816. The summed E-state index contributed by atoms with van der Waals surface area (Å²) in [5.74, 6) is 0.0132. The summed E-state index contributed by atoms with van der Waals surface area (Å²) in [6.45, 7) is 6.08. The van der Waals surface area contributed by atoms with Gasteiger partial charge in [0, 0.05) is 24.7 Å². The number of alkyl carbamates (subject to hydrolysis) is 1. The van der Waals surface area contributed by atoms with Gasteiger partial charge < -0.3 is 20.7 Å². The van der Waals surface area contributed by atoms with Gasteiger partial charge in [-0.05, 0) is 67.3 Å². The third-order valence-electron chi connectivity index (χ3n) is 5.90. The van der Waals surface area contributed by atoms with Crippen molar-refractivity contribution in [2.75, 3.05) is 30.1 Å². The van der Waals surface area contributed by atoms with E-state index in [1.54, 1.807) is 45.0 Å². The fraction of sp³-hybridized carbons (Fsp3) is 0.276. The maximum absolute atomic E-state index is 12.2. The molecule has 38 heavy (non-hydrogen) atoms. The number of anilines is 2. The minimum atomic E-state index is -0.584. The van der Waals surface area contributed by atoms with E-state index in [1.165, 1.54) is 27.3 Å². The summed E-state index contributed by atoms with van der Waals surface area (Å²) in [5.41, 5.74) is 5.20. The smallest absolute Gasteiger partial charge is 0.407 e. The van der Waals surface area contributed by atoms with Crippen LogP contribution in [0, 0.1) is 0 Å². The van der Waals surface area contributed by atoms with Crippen LogP contribution in [0.15, 0.2) is 72.8 Å². The number of nitrogens with one attached hydrogen (secondary N) is 3. The molecule has 9 heteroatoms. The number of hydrogen-bond donors (Lipinski definition) is 3. The lowest BCUT2D eigenvalue weighted by molar-refractivity contribution is -0.114. The summed E-state index contributed by atoms with van der Waals surface area (Å²) in [5, 5.41) is 9.13. The Morgan fingerprint density at radius 1 is 0.868 bits per heavy atom. The maximum atomic E-state index is 12.2. The number of amides is 4. The highest BCUT2D eigenvalue weighted by Gasteiger charge is 2.29. The van der Waals surface area contributed by atoms with Gasteiger partial charge in [0.25, 0.3) is 0 Å². The number of nitrogens with zero attached hydrogens (tertiary/aromatic N) is 1. The van der Waals surface area contributed by atoms with Gasteiger partial charge in [-0.2, -0.15) is 5.06 Å². The third-order valence-corrected chi connectivity index (χ3v) is 5.90. The molecule has 1 aliphatic carbocycles. The van der Waals surface area contributed by atoms with Crippen LogP contribution < -0.4 is 21.0 Å². The maximum Gasteiger partial charge on any atom is 0.407 e. The summed E-state index contributed by atoms with van der Waals surface area (Å²) in [6, 6.07) is 22.7. The lowest BCUT2D eigenvalue weighted by Crippen LogP contribution is -2.39. The summed E-state index contributed by atoms with van der Waals surface area (Å²) in [7, 11) is 0. The zero-order chi connectivity index (χ0) is 27.1. The van der Waals surface area contributed by atoms with Crippen molar-refractivity contribution >= 4 is 29.9 Å². The Morgan fingerprint density at radius 3 is 2.03 bits per heavy atom. The first-order valence-electron chi connectivity index (χ1n) is 12.4. The minimum Gasteiger partial charge on any atom is -0.444 e. The third kappa shape index (κ3) is 6.68. The second-order valence-corrected chi connectivity index (χ2v) is 9.81. The van der Waals surface area contributed by atoms with Gasteiger partial charge >= 0.3 is 12.1 Å². The first kappa shape index (κ1) is 26.7. The molecule has 0 atom stereocenters. The number of ether oxygens (including phenoxy) is 1. The van der Waals surface area contributed by atoms with Gasteiger partial charge in [-0.25, -0.2) is 9.59 Å². The SMILES string of the molecule is CC(C)(C)OC(=O)NCCNC(=O)Nc1ccc(N(C=O)OCC2c3ccccc3-c3ccccc32)cc1. The molecule has 4 amide bonds. The molecule has 198 valence electrons. The van der Waals surface area contributed by atoms with Crippen LogP contribution in [0.5, 0.6) is 0 Å². The van der Waals surface area contributed by atoms with E-state index < -0.39 is 17.7 Å². The van der Waals surface area contributed by atoms with Crippen LogP contribution in [0.3, 0.4) is 0 Å². The van der Waals surface area contributed by atoms with E-state index >= 15 is 0 Å². The predicted molar refractivity (Wildman–Crippen MR) is 146 cm³/mol. The molecule has 0 heterocycles. The molecule has 0 spiro atoms. The molecule has 1 aliphatic rings. The predicted octanol–water partition coefficient (Wildman–Crippen LogP) is 5.04. The molecule has 9 nitrogen and oxygen atoms in total. The van der Waals surface area contributed by atoms with Crippen LogP contribution in [0.25, 0.3) is 11.1 Å². The number of urea groups is 1. The monoisotopic (exact) mass is 516 g/mol. The molecule has 3 aromatic rings. The average molecular weight is 517 g/mol. The van der Waals surface area contributed by atoms with E-state index in [2.05, 4.69) is 40.2 Å². The Bertz CT molecular complexity index is 1240. The summed E-state index contributed by atoms with van der Waals surface area (Å²) < 4.78 is 5.14. The standard InChI is InChI=1S/C29H32N4O5/c1-29(2,3)38-28(36)31-17-16-30-27(35)32-20-12-14-21(15-13-20)33(19-34)37-18-26-24-10-6-4-8-22(24)23-9-5-7-11-25(23)26/h4-15,19,26H,16-18H2,1-3H3,(H,31,36)(H2,30,32,35). The Balaban J connectivity index is 1.28. The van der Waals surface area contributed by atoms with Gasteiger partial charge in [-0.3, -0.25) is 9.63 Å². The van der Waals surface area contributed by atoms with Crippen molar-refractivity contribution in [3.8, 4) is 11.1 Å². The molecule has 0 saturated heterocycles. The molecule has 0 bridgehead atoms. The fourth-order valence-electron chi connectivity index (χ4n) is 4.28. The molecule has 3 aromatic carbocycles. The average Bonchev–Trinajstić information content (AvgIpc) is 3.21. The molecule has 0 radical (unpaired) electrons. The quantitative estimate of drug-likeness (QED) is 0.210. The van der Waals surface area contributed by atoms with E-state index in [4.69, 9.17) is 9.57 Å². The first-order chi connectivity index (χ1) is 18.2. The lowest BCUT2D eigenvalue weighted by Gasteiger charge is -2.21. The van der Waals surface area contributed by atoms with Crippen molar-refractivity contribution in [2.24, 2.45) is 0 Å². The largest absolute Gasteiger partial charge is 0.444 e. The van der Waals surface area contributed by atoms with Crippen molar-refractivity contribution in [3.63, 3.8) is 0 Å². The van der Waals surface area contributed by atoms with Crippen LogP contribution in [-0.4, -0.2) is 43.8 Å². The molecule has 0 aliphatic heterocycles. The van der Waals surface area contributed by atoms with Gasteiger partial charge in [-0.15, -0.1) is 0 Å². The van der Waals surface area contributed by atoms with Crippen LogP contribution in [0.1, 0.15) is 37.8 Å². The van der Waals surface area contributed by atoms with Crippen LogP contribution in [-0.2, 0) is 14.4 Å². The molecule has 0 saturated carbocycles. The molecule has 4 rings (SSSR count). The Labute approximate surface area is 222 Å². The van der Waals surface area contributed by atoms with Gasteiger partial charge in [0.2, 0.25) is 6.41 Å². The van der Waals surface area contributed by atoms with Gasteiger partial charge in [-0.1, -0.05) is 48.5 Å². The molecular weight excluding hydrogens is 484 g/mol. The van der Waals surface area contributed by atoms with Crippen molar-refractivity contribution in [1.29, 1.82) is 0 Å². The van der Waals surface area contributed by atoms with Crippen LogP contribution >= 0.6 is 0 Å². The number of fused-ring (bicyclic) bond motifs is 3.